The molecule has 0 saturated carbocycles. The van der Waals surface area contributed by atoms with Crippen LogP contribution in [-0.4, -0.2) is 22.3 Å². The standard InChI is InChI=1S/C23H25NO3/c1-15(25)20-19(24-18-12-8-5-9-13-18)14-23(3,27)22(16(2)26)21(20)17-10-6-4-7-11-17/h4-13,21-22,24,27H,14H2,1-3H3/t21-,22-,23-/m0/s1. The fraction of sp³-hybridized carbons (Fsp3) is 0.304. The molecule has 0 amide bonds. The minimum atomic E-state index is -1.26. The van der Waals surface area contributed by atoms with Crippen molar-refractivity contribution >= 4 is 17.3 Å². The molecule has 0 bridgehead atoms. The smallest absolute Gasteiger partial charge is 0.158 e. The molecule has 2 N–H and O–H groups in total. The van der Waals surface area contributed by atoms with Gasteiger partial charge in [0.1, 0.15) is 5.78 Å². The van der Waals surface area contributed by atoms with Crippen LogP contribution in [0.3, 0.4) is 0 Å². The van der Waals surface area contributed by atoms with Crippen LogP contribution in [0, 0.1) is 5.92 Å². The van der Waals surface area contributed by atoms with Crippen molar-refractivity contribution in [2.24, 2.45) is 5.92 Å². The predicted octanol–water partition coefficient (Wildman–Crippen LogP) is 4.09. The average molecular weight is 363 g/mol. The van der Waals surface area contributed by atoms with Crippen molar-refractivity contribution in [2.45, 2.75) is 38.7 Å². The highest BCUT2D eigenvalue weighted by Gasteiger charge is 2.49. The molecule has 1 aliphatic rings. The van der Waals surface area contributed by atoms with Gasteiger partial charge in [-0.1, -0.05) is 48.5 Å². The van der Waals surface area contributed by atoms with Gasteiger partial charge in [0.05, 0.1) is 11.5 Å². The molecule has 0 saturated heterocycles. The number of anilines is 1. The number of Topliss-reactive ketones (excluding diaryl/α,β-unsaturated/α-hetero) is 2. The lowest BCUT2D eigenvalue weighted by molar-refractivity contribution is -0.131. The number of hydrogen-bond donors (Lipinski definition) is 2. The van der Waals surface area contributed by atoms with Crippen molar-refractivity contribution in [2.75, 3.05) is 5.32 Å². The summed E-state index contributed by atoms with van der Waals surface area (Å²) in [5, 5.41) is 14.5. The molecule has 0 heterocycles. The number of rotatable bonds is 5. The number of hydrogen-bond acceptors (Lipinski definition) is 4. The van der Waals surface area contributed by atoms with Gasteiger partial charge in [0.15, 0.2) is 5.78 Å². The third-order valence-electron chi connectivity index (χ3n) is 5.22. The topological polar surface area (TPSA) is 66.4 Å². The van der Waals surface area contributed by atoms with E-state index in [1.165, 1.54) is 13.8 Å². The highest BCUT2D eigenvalue weighted by molar-refractivity contribution is 5.98. The minimum Gasteiger partial charge on any atom is -0.389 e. The molecule has 3 atom stereocenters. The van der Waals surface area contributed by atoms with Crippen LogP contribution in [0.5, 0.6) is 0 Å². The van der Waals surface area contributed by atoms with Gasteiger partial charge in [-0.05, 0) is 38.5 Å². The molecule has 0 aliphatic heterocycles. The summed E-state index contributed by atoms with van der Waals surface area (Å²) in [5.74, 6) is -1.38. The summed E-state index contributed by atoms with van der Waals surface area (Å²) in [6, 6.07) is 19.0. The Morgan fingerprint density at radius 3 is 2.07 bits per heavy atom. The van der Waals surface area contributed by atoms with Crippen LogP contribution < -0.4 is 5.32 Å². The average Bonchev–Trinajstić information content (AvgIpc) is 2.61. The second kappa shape index (κ2) is 7.49. The van der Waals surface area contributed by atoms with Crippen LogP contribution in [-0.2, 0) is 9.59 Å². The Bertz CT molecular complexity index is 869. The van der Waals surface area contributed by atoms with Gasteiger partial charge >= 0.3 is 0 Å². The molecule has 0 unspecified atom stereocenters. The normalized spacial score (nSPS) is 25.2. The van der Waals surface area contributed by atoms with Gasteiger partial charge in [0, 0.05) is 29.3 Å². The van der Waals surface area contributed by atoms with Gasteiger partial charge in [0.25, 0.3) is 0 Å². The van der Waals surface area contributed by atoms with E-state index in [-0.39, 0.29) is 18.0 Å². The zero-order chi connectivity index (χ0) is 19.6. The fourth-order valence-corrected chi connectivity index (χ4v) is 4.21. The first-order valence-electron chi connectivity index (χ1n) is 9.15. The molecule has 27 heavy (non-hydrogen) atoms. The Balaban J connectivity index is 2.20. The second-order valence-electron chi connectivity index (χ2n) is 7.45. The summed E-state index contributed by atoms with van der Waals surface area (Å²) in [5.41, 5.74) is 1.68. The van der Waals surface area contributed by atoms with Crippen molar-refractivity contribution in [1.29, 1.82) is 0 Å². The van der Waals surface area contributed by atoms with Gasteiger partial charge in [-0.15, -0.1) is 0 Å². The number of allylic oxidation sites excluding steroid dienone is 1. The molecule has 4 nitrogen and oxygen atoms in total. The molecule has 140 valence electrons. The molecule has 0 spiro atoms. The fourth-order valence-electron chi connectivity index (χ4n) is 4.21. The molecule has 2 aromatic carbocycles. The first-order chi connectivity index (χ1) is 12.8. The maximum absolute atomic E-state index is 12.7. The Morgan fingerprint density at radius 1 is 1.00 bits per heavy atom. The van der Waals surface area contributed by atoms with Crippen molar-refractivity contribution in [3.05, 3.63) is 77.5 Å². The van der Waals surface area contributed by atoms with Crippen molar-refractivity contribution in [3.63, 3.8) is 0 Å². The lowest BCUT2D eigenvalue weighted by atomic mass is 9.64. The lowest BCUT2D eigenvalue weighted by Gasteiger charge is -2.43. The Hall–Kier alpha value is -2.72. The lowest BCUT2D eigenvalue weighted by Crippen LogP contribution is -2.48. The number of benzene rings is 2. The molecule has 1 aliphatic carbocycles. The molecular formula is C23H25NO3. The van der Waals surface area contributed by atoms with Crippen molar-refractivity contribution in [3.8, 4) is 0 Å². The minimum absolute atomic E-state index is 0.0935. The Labute approximate surface area is 159 Å². The highest BCUT2D eigenvalue weighted by Crippen LogP contribution is 2.47. The summed E-state index contributed by atoms with van der Waals surface area (Å²) in [7, 11) is 0. The van der Waals surface area contributed by atoms with Crippen molar-refractivity contribution < 1.29 is 14.7 Å². The SMILES string of the molecule is CC(=O)C1=C(Nc2ccccc2)C[C@](C)(O)[C@@H](C(C)=O)[C@H]1c1ccccc1. The molecule has 0 fully saturated rings. The zero-order valence-corrected chi connectivity index (χ0v) is 15.9. The Morgan fingerprint density at radius 2 is 1.56 bits per heavy atom. The number of carbonyl (C=O) groups excluding carboxylic acids is 2. The van der Waals surface area contributed by atoms with E-state index in [2.05, 4.69) is 5.32 Å². The summed E-state index contributed by atoms with van der Waals surface area (Å²) in [6.07, 6.45) is 0.213. The van der Waals surface area contributed by atoms with Gasteiger partial charge in [-0.3, -0.25) is 9.59 Å². The predicted molar refractivity (Wildman–Crippen MR) is 106 cm³/mol. The third-order valence-corrected chi connectivity index (χ3v) is 5.22. The van der Waals surface area contributed by atoms with Crippen LogP contribution >= 0.6 is 0 Å². The van der Waals surface area contributed by atoms with Gasteiger partial charge in [-0.25, -0.2) is 0 Å². The van der Waals surface area contributed by atoms with Gasteiger partial charge in [0.2, 0.25) is 0 Å². The van der Waals surface area contributed by atoms with E-state index in [0.29, 0.717) is 11.3 Å². The van der Waals surface area contributed by atoms with E-state index in [1.54, 1.807) is 6.92 Å². The molecular weight excluding hydrogens is 338 g/mol. The van der Waals surface area contributed by atoms with E-state index < -0.39 is 17.4 Å². The van der Waals surface area contributed by atoms with E-state index in [9.17, 15) is 14.7 Å². The van der Waals surface area contributed by atoms with Crippen LogP contribution in [0.15, 0.2) is 71.9 Å². The largest absolute Gasteiger partial charge is 0.389 e. The first-order valence-corrected chi connectivity index (χ1v) is 9.15. The van der Waals surface area contributed by atoms with E-state index in [4.69, 9.17) is 0 Å². The quantitative estimate of drug-likeness (QED) is 0.840. The zero-order valence-electron chi connectivity index (χ0n) is 15.9. The summed E-state index contributed by atoms with van der Waals surface area (Å²) >= 11 is 0. The van der Waals surface area contributed by atoms with E-state index >= 15 is 0 Å². The molecule has 0 aromatic heterocycles. The monoisotopic (exact) mass is 363 g/mol. The van der Waals surface area contributed by atoms with Gasteiger partial charge < -0.3 is 10.4 Å². The first kappa shape index (κ1) is 19.1. The van der Waals surface area contributed by atoms with E-state index in [1.807, 2.05) is 60.7 Å². The second-order valence-corrected chi connectivity index (χ2v) is 7.45. The molecule has 2 aromatic rings. The number of aliphatic hydroxyl groups is 1. The Kier molecular flexibility index (Phi) is 5.29. The maximum Gasteiger partial charge on any atom is 0.158 e. The summed E-state index contributed by atoms with van der Waals surface area (Å²) in [4.78, 5) is 25.2. The van der Waals surface area contributed by atoms with Crippen LogP contribution in [0.2, 0.25) is 0 Å². The molecule has 4 heteroatoms. The van der Waals surface area contributed by atoms with Gasteiger partial charge in [-0.2, -0.15) is 0 Å². The highest BCUT2D eigenvalue weighted by atomic mass is 16.3. The maximum atomic E-state index is 12.7. The summed E-state index contributed by atoms with van der Waals surface area (Å²) in [6.45, 7) is 4.69. The number of para-hydroxylation sites is 1. The third kappa shape index (κ3) is 3.86. The number of carbonyl (C=O) groups is 2. The molecule has 3 rings (SSSR count). The van der Waals surface area contributed by atoms with Crippen molar-refractivity contribution in [1.82, 2.24) is 0 Å². The number of ketones is 2. The number of nitrogens with one attached hydrogen (secondary N) is 1. The van der Waals surface area contributed by atoms with E-state index in [0.717, 1.165) is 11.3 Å². The van der Waals surface area contributed by atoms with Crippen LogP contribution in [0.1, 0.15) is 38.7 Å². The van der Waals surface area contributed by atoms with Crippen LogP contribution in [0.25, 0.3) is 0 Å². The van der Waals surface area contributed by atoms with Crippen LogP contribution in [0.4, 0.5) is 5.69 Å². The summed E-state index contributed by atoms with van der Waals surface area (Å²) < 4.78 is 0. The molecule has 0 radical (unpaired) electrons.